The monoisotopic (exact) mass is 424 g/mol. The van der Waals surface area contributed by atoms with Crippen molar-refractivity contribution in [1.29, 1.82) is 0 Å². The van der Waals surface area contributed by atoms with Crippen molar-refractivity contribution in [3.05, 3.63) is 84.8 Å². The fraction of sp³-hybridized carbons (Fsp3) is 0.231. The van der Waals surface area contributed by atoms with Gasteiger partial charge in [0.2, 0.25) is 5.88 Å². The summed E-state index contributed by atoms with van der Waals surface area (Å²) in [5.41, 5.74) is 1.35. The molecule has 2 aromatic carbocycles. The van der Waals surface area contributed by atoms with E-state index in [1.165, 1.54) is 0 Å². The molecule has 2 aromatic heterocycles. The average Bonchev–Trinajstić information content (AvgIpc) is 2.85. The molecule has 0 N–H and O–H groups in total. The molecule has 1 fully saturated rings. The van der Waals surface area contributed by atoms with E-state index >= 15 is 0 Å². The van der Waals surface area contributed by atoms with Gasteiger partial charge in [0, 0.05) is 35.6 Å². The SMILES string of the molecule is CC1CCC(Oc2nccc3ccccc23)CN1C(=O)c1ccccc1-c1ncccn1. The van der Waals surface area contributed by atoms with Gasteiger partial charge in [-0.05, 0) is 49.4 Å². The molecule has 6 nitrogen and oxygen atoms in total. The zero-order valence-electron chi connectivity index (χ0n) is 17.9. The van der Waals surface area contributed by atoms with E-state index in [0.29, 0.717) is 23.8 Å². The molecular formula is C26H24N4O2. The number of ether oxygens (including phenoxy) is 1. The van der Waals surface area contributed by atoms with Crippen LogP contribution in [0.25, 0.3) is 22.2 Å². The molecule has 1 amide bonds. The molecule has 32 heavy (non-hydrogen) atoms. The second-order valence-corrected chi connectivity index (χ2v) is 8.08. The number of aromatic nitrogens is 3. The summed E-state index contributed by atoms with van der Waals surface area (Å²) in [6, 6.07) is 19.4. The molecule has 0 bridgehead atoms. The van der Waals surface area contributed by atoms with Crippen LogP contribution in [-0.2, 0) is 0 Å². The molecule has 0 saturated carbocycles. The summed E-state index contributed by atoms with van der Waals surface area (Å²) in [5.74, 6) is 1.14. The van der Waals surface area contributed by atoms with Crippen LogP contribution in [0.5, 0.6) is 5.88 Å². The largest absolute Gasteiger partial charge is 0.472 e. The minimum absolute atomic E-state index is 0.0280. The van der Waals surface area contributed by atoms with Crippen molar-refractivity contribution in [3.63, 3.8) is 0 Å². The number of pyridine rings is 1. The summed E-state index contributed by atoms with van der Waals surface area (Å²) in [6.45, 7) is 2.60. The zero-order chi connectivity index (χ0) is 21.9. The Hall–Kier alpha value is -3.80. The van der Waals surface area contributed by atoms with Crippen LogP contribution in [0, 0.1) is 0 Å². The third-order valence-electron chi connectivity index (χ3n) is 5.98. The van der Waals surface area contributed by atoms with Gasteiger partial charge in [-0.3, -0.25) is 4.79 Å². The first-order valence-electron chi connectivity index (χ1n) is 10.9. The zero-order valence-corrected chi connectivity index (χ0v) is 17.9. The fourth-order valence-electron chi connectivity index (χ4n) is 4.25. The second kappa shape index (κ2) is 8.75. The Morgan fingerprint density at radius 3 is 2.56 bits per heavy atom. The first-order chi connectivity index (χ1) is 15.7. The van der Waals surface area contributed by atoms with Crippen molar-refractivity contribution in [2.24, 2.45) is 0 Å². The van der Waals surface area contributed by atoms with Gasteiger partial charge < -0.3 is 9.64 Å². The van der Waals surface area contributed by atoms with E-state index in [9.17, 15) is 4.79 Å². The number of rotatable bonds is 4. The predicted octanol–water partition coefficient (Wildman–Crippen LogP) is 4.76. The van der Waals surface area contributed by atoms with Crippen LogP contribution in [0.1, 0.15) is 30.1 Å². The molecule has 0 radical (unpaired) electrons. The molecule has 4 aromatic rings. The van der Waals surface area contributed by atoms with Gasteiger partial charge in [-0.2, -0.15) is 0 Å². The lowest BCUT2D eigenvalue weighted by molar-refractivity contribution is 0.0378. The fourth-order valence-corrected chi connectivity index (χ4v) is 4.25. The maximum absolute atomic E-state index is 13.6. The Morgan fingerprint density at radius 2 is 1.69 bits per heavy atom. The summed E-state index contributed by atoms with van der Waals surface area (Å²) < 4.78 is 6.32. The lowest BCUT2D eigenvalue weighted by Crippen LogP contribution is -2.49. The van der Waals surface area contributed by atoms with E-state index in [-0.39, 0.29) is 18.1 Å². The van der Waals surface area contributed by atoms with Gasteiger partial charge in [-0.1, -0.05) is 36.4 Å². The molecule has 3 heterocycles. The van der Waals surface area contributed by atoms with Gasteiger partial charge in [0.15, 0.2) is 5.82 Å². The van der Waals surface area contributed by atoms with E-state index in [2.05, 4.69) is 21.9 Å². The van der Waals surface area contributed by atoms with Crippen LogP contribution >= 0.6 is 0 Å². The van der Waals surface area contributed by atoms with Crippen molar-refractivity contribution in [1.82, 2.24) is 19.9 Å². The number of nitrogens with zero attached hydrogens (tertiary/aromatic N) is 4. The molecule has 0 spiro atoms. The summed E-state index contributed by atoms with van der Waals surface area (Å²) in [4.78, 5) is 28.7. The number of piperidine rings is 1. The first-order valence-corrected chi connectivity index (χ1v) is 10.9. The molecule has 5 rings (SSSR count). The molecule has 1 aliphatic heterocycles. The van der Waals surface area contributed by atoms with Crippen molar-refractivity contribution in [2.45, 2.75) is 31.9 Å². The van der Waals surface area contributed by atoms with Crippen molar-refractivity contribution < 1.29 is 9.53 Å². The number of likely N-dealkylation sites (tertiary alicyclic amines) is 1. The van der Waals surface area contributed by atoms with Crippen LogP contribution in [0.15, 0.2) is 79.3 Å². The number of hydrogen-bond acceptors (Lipinski definition) is 5. The van der Waals surface area contributed by atoms with E-state index in [4.69, 9.17) is 4.74 Å². The van der Waals surface area contributed by atoms with Crippen LogP contribution in [0.3, 0.4) is 0 Å². The third kappa shape index (κ3) is 3.91. The number of amides is 1. The van der Waals surface area contributed by atoms with Crippen LogP contribution < -0.4 is 4.74 Å². The maximum atomic E-state index is 13.6. The number of carbonyl (C=O) groups is 1. The highest BCUT2D eigenvalue weighted by Crippen LogP contribution is 2.29. The van der Waals surface area contributed by atoms with Gasteiger partial charge in [-0.25, -0.2) is 15.0 Å². The molecule has 1 saturated heterocycles. The number of benzene rings is 2. The summed E-state index contributed by atoms with van der Waals surface area (Å²) in [6.07, 6.45) is 6.77. The Morgan fingerprint density at radius 1 is 0.906 bits per heavy atom. The average molecular weight is 425 g/mol. The summed E-state index contributed by atoms with van der Waals surface area (Å²) >= 11 is 0. The minimum Gasteiger partial charge on any atom is -0.472 e. The Balaban J connectivity index is 1.40. The maximum Gasteiger partial charge on any atom is 0.254 e. The Labute approximate surface area is 186 Å². The van der Waals surface area contributed by atoms with Crippen molar-refractivity contribution in [2.75, 3.05) is 6.54 Å². The first kappa shape index (κ1) is 20.1. The van der Waals surface area contributed by atoms with E-state index in [0.717, 1.165) is 29.2 Å². The van der Waals surface area contributed by atoms with Gasteiger partial charge in [0.25, 0.3) is 5.91 Å². The second-order valence-electron chi connectivity index (χ2n) is 8.08. The van der Waals surface area contributed by atoms with Crippen molar-refractivity contribution >= 4 is 16.7 Å². The third-order valence-corrected chi connectivity index (χ3v) is 5.98. The lowest BCUT2D eigenvalue weighted by Gasteiger charge is -2.38. The van der Waals surface area contributed by atoms with Gasteiger partial charge in [0.05, 0.1) is 12.1 Å². The van der Waals surface area contributed by atoms with Crippen molar-refractivity contribution in [3.8, 4) is 17.3 Å². The molecule has 2 atom stereocenters. The van der Waals surface area contributed by atoms with E-state index < -0.39 is 0 Å². The standard InChI is InChI=1S/C26H24N4O2/c1-18-11-12-20(32-25-21-8-3-2-7-19(21)13-16-29-25)17-30(18)26(31)23-10-5-4-9-22(23)24-27-14-6-15-28-24/h2-10,13-16,18,20H,11-12,17H2,1H3. The van der Waals surface area contributed by atoms with Gasteiger partial charge >= 0.3 is 0 Å². The summed E-state index contributed by atoms with van der Waals surface area (Å²) in [5, 5.41) is 2.07. The molecule has 6 heteroatoms. The topological polar surface area (TPSA) is 68.2 Å². The van der Waals surface area contributed by atoms with E-state index in [1.807, 2.05) is 59.5 Å². The molecule has 0 aliphatic carbocycles. The molecule has 160 valence electrons. The lowest BCUT2D eigenvalue weighted by atomic mass is 9.98. The number of fused-ring (bicyclic) bond motifs is 1. The number of hydrogen-bond donors (Lipinski definition) is 0. The highest BCUT2D eigenvalue weighted by Gasteiger charge is 2.32. The smallest absolute Gasteiger partial charge is 0.254 e. The van der Waals surface area contributed by atoms with Gasteiger partial charge in [-0.15, -0.1) is 0 Å². The summed E-state index contributed by atoms with van der Waals surface area (Å²) in [7, 11) is 0. The Kier molecular flexibility index (Phi) is 5.50. The van der Waals surface area contributed by atoms with Crippen LogP contribution in [0.4, 0.5) is 0 Å². The molecule has 2 unspecified atom stereocenters. The predicted molar refractivity (Wildman–Crippen MR) is 123 cm³/mol. The van der Waals surface area contributed by atoms with E-state index in [1.54, 1.807) is 24.7 Å². The molecular weight excluding hydrogens is 400 g/mol. The minimum atomic E-state index is -0.117. The highest BCUT2D eigenvalue weighted by molar-refractivity contribution is 6.00. The highest BCUT2D eigenvalue weighted by atomic mass is 16.5. The quantitative estimate of drug-likeness (QED) is 0.472. The normalized spacial score (nSPS) is 18.5. The van der Waals surface area contributed by atoms with Gasteiger partial charge in [0.1, 0.15) is 6.10 Å². The van der Waals surface area contributed by atoms with Crippen LogP contribution in [0.2, 0.25) is 0 Å². The number of carbonyl (C=O) groups excluding carboxylic acids is 1. The van der Waals surface area contributed by atoms with Crippen LogP contribution in [-0.4, -0.2) is 44.4 Å². The molecule has 1 aliphatic rings. The Bertz CT molecular complexity index is 1240.